The first kappa shape index (κ1) is 28.6. The van der Waals surface area contributed by atoms with Gasteiger partial charge in [-0.1, -0.05) is 0 Å². The number of thiazole rings is 1. The van der Waals surface area contributed by atoms with Crippen LogP contribution in [0.2, 0.25) is 0 Å². The molecule has 0 aromatic carbocycles. The summed E-state index contributed by atoms with van der Waals surface area (Å²) in [6.07, 6.45) is 4.99. The van der Waals surface area contributed by atoms with Gasteiger partial charge in [0, 0.05) is 29.3 Å². The van der Waals surface area contributed by atoms with E-state index >= 15 is 0 Å². The van der Waals surface area contributed by atoms with Crippen molar-refractivity contribution in [2.24, 2.45) is 0 Å². The molecule has 40 heavy (non-hydrogen) atoms. The van der Waals surface area contributed by atoms with Gasteiger partial charge in [0.05, 0.1) is 54.7 Å². The molecule has 1 fully saturated rings. The topological polar surface area (TPSA) is 138 Å². The maximum absolute atomic E-state index is 13.8. The second kappa shape index (κ2) is 10.8. The summed E-state index contributed by atoms with van der Waals surface area (Å²) in [5.74, 6) is 0. The van der Waals surface area contributed by atoms with Crippen molar-refractivity contribution in [3.63, 3.8) is 0 Å². The maximum atomic E-state index is 13.8. The lowest BCUT2D eigenvalue weighted by atomic mass is 9.96. The van der Waals surface area contributed by atoms with Crippen LogP contribution in [0.5, 0.6) is 0 Å². The molecule has 1 aliphatic carbocycles. The van der Waals surface area contributed by atoms with Gasteiger partial charge >= 0.3 is 13.1 Å². The Morgan fingerprint density at radius 1 is 1.20 bits per heavy atom. The number of thiophene rings is 1. The Bertz CT molecular complexity index is 1810. The fourth-order valence-electron chi connectivity index (χ4n) is 4.53. The number of fused-ring (bicyclic) bond motifs is 1. The van der Waals surface area contributed by atoms with Crippen LogP contribution in [0.1, 0.15) is 40.9 Å². The zero-order valence-corrected chi connectivity index (χ0v) is 24.9. The van der Waals surface area contributed by atoms with E-state index in [4.69, 9.17) is 4.74 Å². The van der Waals surface area contributed by atoms with Crippen LogP contribution >= 0.6 is 22.7 Å². The fraction of sp³-hybridized carbons (Fsp3) is 0.458. The van der Waals surface area contributed by atoms with Gasteiger partial charge in [0.25, 0.3) is 5.56 Å². The Morgan fingerprint density at radius 2 is 1.95 bits per heavy atom. The van der Waals surface area contributed by atoms with Gasteiger partial charge in [-0.3, -0.25) is 18.6 Å². The minimum Gasteiger partial charge on any atom is -0.383 e. The Morgan fingerprint density at radius 3 is 2.58 bits per heavy atom. The number of hydrogen-bond donors (Lipinski definition) is 0. The number of hydrogen-bond acceptors (Lipinski definition) is 10. The lowest BCUT2D eigenvalue weighted by Gasteiger charge is -2.25. The number of nitrogens with zero attached hydrogens (tertiary/aromatic N) is 6. The van der Waals surface area contributed by atoms with E-state index in [9.17, 15) is 22.8 Å². The van der Waals surface area contributed by atoms with Gasteiger partial charge < -0.3 is 9.53 Å². The van der Waals surface area contributed by atoms with Crippen molar-refractivity contribution >= 4 is 56.5 Å². The summed E-state index contributed by atoms with van der Waals surface area (Å²) in [7, 11) is -1.55. The molecule has 0 amide bonds. The Kier molecular flexibility index (Phi) is 7.74. The van der Waals surface area contributed by atoms with Crippen LogP contribution in [0.15, 0.2) is 32.3 Å². The predicted octanol–water partition coefficient (Wildman–Crippen LogP) is 1.59. The molecule has 5 rings (SSSR count). The maximum Gasteiger partial charge on any atom is 0.332 e. The highest BCUT2D eigenvalue weighted by Gasteiger charge is 2.49. The van der Waals surface area contributed by atoms with E-state index in [0.717, 1.165) is 43.1 Å². The zero-order valence-electron chi connectivity index (χ0n) is 22.5. The van der Waals surface area contributed by atoms with Gasteiger partial charge in [-0.2, -0.15) is 5.10 Å². The number of ether oxygens (including phenoxy) is 1. The molecule has 4 aromatic heterocycles. The summed E-state index contributed by atoms with van der Waals surface area (Å²) in [6, 6.07) is 1.31. The Balaban J connectivity index is 1.66. The van der Waals surface area contributed by atoms with Gasteiger partial charge in [-0.25, -0.2) is 22.4 Å². The van der Waals surface area contributed by atoms with E-state index in [2.05, 4.69) is 10.1 Å². The van der Waals surface area contributed by atoms with Crippen molar-refractivity contribution in [1.82, 2.24) is 28.1 Å². The minimum absolute atomic E-state index is 0.0394. The van der Waals surface area contributed by atoms with Crippen LogP contribution in [0.3, 0.4) is 0 Å². The van der Waals surface area contributed by atoms with Gasteiger partial charge in [-0.15, -0.1) is 22.7 Å². The molecule has 12 nitrogen and oxygen atoms in total. The first-order valence-electron chi connectivity index (χ1n) is 12.5. The SMILES string of the molecule is COCCn1cc(Cn2c(=O)c3cc(S(=O)(=O)N([B]C=O)C4(C)CC4)sc3n(Cc3sc(C)nc3C)c2=O)cn1. The van der Waals surface area contributed by atoms with Crippen molar-refractivity contribution in [3.05, 3.63) is 60.4 Å². The molecular formula is C24H28BN6O6S3. The van der Waals surface area contributed by atoms with E-state index < -0.39 is 26.8 Å². The Hall–Kier alpha value is -2.92. The highest BCUT2D eigenvalue weighted by molar-refractivity contribution is 7.92. The molecule has 211 valence electrons. The van der Waals surface area contributed by atoms with Gasteiger partial charge in [0.15, 0.2) is 0 Å². The molecule has 0 atom stereocenters. The van der Waals surface area contributed by atoms with Crippen LogP contribution in [-0.2, 0) is 39.2 Å². The summed E-state index contributed by atoms with van der Waals surface area (Å²) in [5.41, 5.74) is -0.459. The third-order valence-corrected chi connectivity index (χ3v) is 11.5. The van der Waals surface area contributed by atoms with Crippen molar-refractivity contribution < 1.29 is 17.9 Å². The standard InChI is InChI=1S/C24H28BN6O6S3/c1-15-19(38-16(2)27-15)13-30-22-18(9-20(39-22)40(35,36)31(25-14-32)24(3)5-6-24)21(33)29(23(30)34)12-17-10-26-28(11-17)7-8-37-4/h9-11,14H,5-8,12-13H2,1-4H3. The monoisotopic (exact) mass is 603 g/mol. The predicted molar refractivity (Wildman–Crippen MR) is 153 cm³/mol. The quantitative estimate of drug-likeness (QED) is 0.176. The number of carbonyl (C=O) groups is 1. The third kappa shape index (κ3) is 5.25. The van der Waals surface area contributed by atoms with Gasteiger partial charge in [0.2, 0.25) is 10.0 Å². The lowest BCUT2D eigenvalue weighted by Crippen LogP contribution is -2.43. The number of aromatic nitrogens is 5. The largest absolute Gasteiger partial charge is 0.383 e. The van der Waals surface area contributed by atoms with Gasteiger partial charge in [-0.05, 0) is 39.7 Å². The van der Waals surface area contributed by atoms with Crippen molar-refractivity contribution in [2.75, 3.05) is 13.7 Å². The summed E-state index contributed by atoms with van der Waals surface area (Å²) >= 11 is 2.29. The minimum atomic E-state index is -4.15. The van der Waals surface area contributed by atoms with E-state index in [-0.39, 0.29) is 27.5 Å². The molecule has 0 spiro atoms. The first-order valence-corrected chi connectivity index (χ1v) is 15.6. The molecule has 0 bridgehead atoms. The average molecular weight is 604 g/mol. The zero-order chi connectivity index (χ0) is 28.8. The van der Waals surface area contributed by atoms with Gasteiger partial charge in [0.1, 0.15) is 9.04 Å². The summed E-state index contributed by atoms with van der Waals surface area (Å²) in [4.78, 5) is 44.4. The number of aryl methyl sites for hydroxylation is 2. The second-order valence-electron chi connectivity index (χ2n) is 9.97. The fourth-order valence-corrected chi connectivity index (χ4v) is 8.66. The Labute approximate surface area is 239 Å². The molecule has 1 aliphatic rings. The molecule has 0 N–H and O–H groups in total. The average Bonchev–Trinajstić information content (AvgIpc) is 3.25. The molecule has 0 aliphatic heterocycles. The molecular weight excluding hydrogens is 575 g/mol. The molecule has 1 saturated carbocycles. The van der Waals surface area contributed by atoms with Crippen LogP contribution in [-0.4, -0.2) is 69.4 Å². The van der Waals surface area contributed by atoms with Crippen molar-refractivity contribution in [3.8, 4) is 0 Å². The normalized spacial score (nSPS) is 14.7. The number of carbonyl (C=O) groups excluding carboxylic acids is 1. The molecule has 1 radical (unpaired) electrons. The lowest BCUT2D eigenvalue weighted by molar-refractivity contribution is 0.183. The highest BCUT2D eigenvalue weighted by Crippen LogP contribution is 2.44. The molecule has 4 heterocycles. The van der Waals surface area contributed by atoms with E-state index in [1.807, 2.05) is 13.8 Å². The number of rotatable bonds is 12. The smallest absolute Gasteiger partial charge is 0.332 e. The van der Waals surface area contributed by atoms with E-state index in [0.29, 0.717) is 37.7 Å². The van der Waals surface area contributed by atoms with E-state index in [1.165, 1.54) is 22.0 Å². The summed E-state index contributed by atoms with van der Waals surface area (Å²) in [6.45, 7) is 6.54. The van der Waals surface area contributed by atoms with Crippen molar-refractivity contribution in [2.45, 2.75) is 63.0 Å². The summed E-state index contributed by atoms with van der Waals surface area (Å²) < 4.78 is 37.6. The number of sulfonamides is 1. The number of methoxy groups -OCH3 is 1. The van der Waals surface area contributed by atoms with Crippen LogP contribution in [0.25, 0.3) is 10.2 Å². The third-order valence-electron chi connectivity index (χ3n) is 6.94. The second-order valence-corrected chi connectivity index (χ2v) is 14.3. The molecule has 0 unspecified atom stereocenters. The van der Waals surface area contributed by atoms with E-state index in [1.54, 1.807) is 31.1 Å². The van der Waals surface area contributed by atoms with Crippen molar-refractivity contribution in [1.29, 1.82) is 0 Å². The molecule has 16 heteroatoms. The highest BCUT2D eigenvalue weighted by atomic mass is 32.2. The van der Waals surface area contributed by atoms with Crippen LogP contribution in [0.4, 0.5) is 0 Å². The van der Waals surface area contributed by atoms with Crippen LogP contribution in [0, 0.1) is 13.8 Å². The molecule has 0 saturated heterocycles. The van der Waals surface area contributed by atoms with Crippen LogP contribution < -0.4 is 11.2 Å². The first-order chi connectivity index (χ1) is 19.0. The summed E-state index contributed by atoms with van der Waals surface area (Å²) in [5, 5.41) is 5.22. The molecule has 4 aromatic rings.